The van der Waals surface area contributed by atoms with Crippen LogP contribution in [0.5, 0.6) is 0 Å². The molecular formula is C22H21N6O6S2+. The first-order valence-electron chi connectivity index (χ1n) is 10.7. The largest absolute Gasteiger partial charge is 0.477 e. The number of nitrogen functional groups attached to an aromatic ring is 1. The number of furan rings is 1. The van der Waals surface area contributed by atoms with E-state index in [1.165, 1.54) is 23.8 Å². The molecule has 12 nitrogen and oxygen atoms in total. The number of carboxylic acids is 1. The summed E-state index contributed by atoms with van der Waals surface area (Å²) in [5.74, 6) is -1.26. The second-order valence-electron chi connectivity index (χ2n) is 8.11. The van der Waals surface area contributed by atoms with E-state index < -0.39 is 29.2 Å². The van der Waals surface area contributed by atoms with Gasteiger partial charge in [0.05, 0.1) is 0 Å². The molecule has 0 radical (unpaired) electrons. The summed E-state index contributed by atoms with van der Waals surface area (Å²) in [5, 5.41) is 18.5. The SMILES string of the molecule is CO/N=C(\C(=O)NC1C(=O)N2C(C(=O)O)=C(C[n+]3ccc4cc(C)oc4c3)CS[C@H]12)c1csc(N)n1. The summed E-state index contributed by atoms with van der Waals surface area (Å²) < 4.78 is 7.49. The third-order valence-corrected chi connectivity index (χ3v) is 7.73. The number of β-lactam (4-membered cyclic amide) rings is 1. The van der Waals surface area contributed by atoms with Gasteiger partial charge >= 0.3 is 5.97 Å². The van der Waals surface area contributed by atoms with E-state index in [-0.39, 0.29) is 28.8 Å². The zero-order valence-electron chi connectivity index (χ0n) is 19.1. The van der Waals surface area contributed by atoms with Crippen LogP contribution in [0.1, 0.15) is 11.5 Å². The molecule has 5 heterocycles. The Morgan fingerprint density at radius 1 is 1.47 bits per heavy atom. The second-order valence-corrected chi connectivity index (χ2v) is 10.1. The molecule has 186 valence electrons. The molecule has 36 heavy (non-hydrogen) atoms. The van der Waals surface area contributed by atoms with Crippen LogP contribution in [0.15, 0.2) is 50.7 Å². The van der Waals surface area contributed by atoms with Crippen LogP contribution >= 0.6 is 23.1 Å². The average Bonchev–Trinajstić information content (AvgIpc) is 3.44. The standard InChI is InChI=1S/C22H20N6O6S2/c1-10-5-11-3-4-27(7-14(11)34-10)6-12-8-35-20-16(19(30)28(20)17(12)21(31)32)25-18(29)15(26-33-2)13-9-36-22(23)24-13/h3-5,7,9,16,20H,6,8H2,1-2H3,(H3-,23,24,25,29,31,32)/p+1/b26-15-/t16?,20-/m1/s1. The number of carbonyl (C=O) groups is 3. The number of aryl methyl sites for hydroxylation is 1. The first-order chi connectivity index (χ1) is 17.3. The van der Waals surface area contributed by atoms with Crippen LogP contribution in [0.4, 0.5) is 5.13 Å². The third-order valence-electron chi connectivity index (χ3n) is 5.71. The van der Waals surface area contributed by atoms with Gasteiger partial charge in [0.1, 0.15) is 35.7 Å². The number of hydrogen-bond donors (Lipinski definition) is 3. The summed E-state index contributed by atoms with van der Waals surface area (Å²) >= 11 is 2.51. The van der Waals surface area contributed by atoms with Crippen LogP contribution in [0, 0.1) is 6.92 Å². The fraction of sp³-hybridized carbons (Fsp3) is 0.273. The number of amides is 2. The van der Waals surface area contributed by atoms with Gasteiger partial charge in [-0.15, -0.1) is 23.1 Å². The van der Waals surface area contributed by atoms with Gasteiger partial charge in [0.2, 0.25) is 6.20 Å². The maximum Gasteiger partial charge on any atom is 0.352 e. The number of aromatic nitrogens is 2. The van der Waals surface area contributed by atoms with Gasteiger partial charge in [-0.1, -0.05) is 5.16 Å². The van der Waals surface area contributed by atoms with Crippen molar-refractivity contribution in [1.82, 2.24) is 15.2 Å². The molecule has 1 fully saturated rings. The lowest BCUT2D eigenvalue weighted by atomic mass is 10.0. The number of oxime groups is 1. The van der Waals surface area contributed by atoms with Crippen LogP contribution in [-0.4, -0.2) is 62.8 Å². The molecule has 1 unspecified atom stereocenters. The maximum atomic E-state index is 13.0. The lowest BCUT2D eigenvalue weighted by Crippen LogP contribution is -2.71. The molecule has 2 aliphatic heterocycles. The molecule has 0 saturated carbocycles. The normalized spacial score (nSPS) is 19.8. The molecule has 1 saturated heterocycles. The number of carboxylic acid groups (broad SMARTS) is 1. The van der Waals surface area contributed by atoms with Gasteiger partial charge < -0.3 is 25.4 Å². The van der Waals surface area contributed by atoms with Crippen molar-refractivity contribution in [2.75, 3.05) is 18.6 Å². The first-order valence-corrected chi connectivity index (χ1v) is 12.6. The summed E-state index contributed by atoms with van der Waals surface area (Å²) in [6.07, 6.45) is 3.64. The van der Waals surface area contributed by atoms with Gasteiger partial charge in [-0.25, -0.2) is 9.78 Å². The van der Waals surface area contributed by atoms with E-state index in [1.54, 1.807) is 11.6 Å². The highest BCUT2D eigenvalue weighted by Crippen LogP contribution is 2.40. The van der Waals surface area contributed by atoms with Crippen molar-refractivity contribution in [3.63, 3.8) is 0 Å². The number of hydrogen-bond acceptors (Lipinski definition) is 10. The Hall–Kier alpha value is -3.91. The molecule has 0 aromatic carbocycles. The van der Waals surface area contributed by atoms with Crippen LogP contribution in [0.25, 0.3) is 11.0 Å². The maximum absolute atomic E-state index is 13.0. The van der Waals surface area contributed by atoms with Gasteiger partial charge in [0.15, 0.2) is 29.2 Å². The molecule has 0 spiro atoms. The predicted octanol–water partition coefficient (Wildman–Crippen LogP) is 0.857. The molecule has 2 aliphatic rings. The lowest BCUT2D eigenvalue weighted by Gasteiger charge is -2.49. The van der Waals surface area contributed by atoms with E-state index in [1.807, 2.05) is 29.8 Å². The van der Waals surface area contributed by atoms with Crippen molar-refractivity contribution < 1.29 is 33.3 Å². The zero-order valence-corrected chi connectivity index (χ0v) is 20.8. The van der Waals surface area contributed by atoms with E-state index in [0.29, 0.717) is 16.9 Å². The Kier molecular flexibility index (Phi) is 6.14. The molecule has 0 aliphatic carbocycles. The number of thioether (sulfide) groups is 1. The number of aliphatic carboxylic acids is 1. The van der Waals surface area contributed by atoms with E-state index >= 15 is 0 Å². The number of fused-ring (bicyclic) bond motifs is 2. The quantitative estimate of drug-likeness (QED) is 0.174. The van der Waals surface area contributed by atoms with Crippen LogP contribution in [0.3, 0.4) is 0 Å². The van der Waals surface area contributed by atoms with E-state index in [2.05, 4.69) is 15.5 Å². The van der Waals surface area contributed by atoms with E-state index in [9.17, 15) is 19.5 Å². The molecule has 2 amide bonds. The number of pyridine rings is 1. The summed E-state index contributed by atoms with van der Waals surface area (Å²) in [4.78, 5) is 48.1. The third kappa shape index (κ3) is 4.18. The molecule has 3 aromatic rings. The number of nitrogens with zero attached hydrogens (tertiary/aromatic N) is 4. The number of nitrogens with one attached hydrogen (secondary N) is 1. The van der Waals surface area contributed by atoms with Crippen molar-refractivity contribution in [2.24, 2.45) is 5.16 Å². The Morgan fingerprint density at radius 2 is 2.28 bits per heavy atom. The highest BCUT2D eigenvalue weighted by molar-refractivity contribution is 8.00. The number of anilines is 1. The Labute approximate surface area is 212 Å². The van der Waals surface area contributed by atoms with Crippen molar-refractivity contribution in [3.8, 4) is 0 Å². The summed E-state index contributed by atoms with van der Waals surface area (Å²) in [6.45, 7) is 2.13. The second kappa shape index (κ2) is 9.28. The molecule has 3 aromatic heterocycles. The van der Waals surface area contributed by atoms with Gasteiger partial charge in [0, 0.05) is 28.2 Å². The molecule has 14 heteroatoms. The Morgan fingerprint density at radius 3 is 2.97 bits per heavy atom. The van der Waals surface area contributed by atoms with E-state index in [0.717, 1.165) is 22.5 Å². The predicted molar refractivity (Wildman–Crippen MR) is 131 cm³/mol. The Balaban J connectivity index is 1.36. The monoisotopic (exact) mass is 529 g/mol. The molecular weight excluding hydrogens is 508 g/mol. The fourth-order valence-electron chi connectivity index (χ4n) is 4.18. The fourth-order valence-corrected chi connectivity index (χ4v) is 6.06. The summed E-state index contributed by atoms with van der Waals surface area (Å²) in [5.41, 5.74) is 6.92. The summed E-state index contributed by atoms with van der Waals surface area (Å²) in [6, 6.07) is 2.88. The topological polar surface area (TPSA) is 164 Å². The van der Waals surface area contributed by atoms with Gasteiger partial charge in [-0.05, 0) is 13.0 Å². The molecule has 5 rings (SSSR count). The van der Waals surface area contributed by atoms with Crippen LogP contribution in [-0.2, 0) is 25.8 Å². The molecule has 0 bridgehead atoms. The van der Waals surface area contributed by atoms with Gasteiger partial charge in [-0.2, -0.15) is 4.57 Å². The highest BCUT2D eigenvalue weighted by Gasteiger charge is 2.54. The first kappa shape index (κ1) is 23.8. The number of carbonyl (C=O) groups excluding carboxylic acids is 2. The number of nitrogens with two attached hydrogens (primary N) is 1. The minimum absolute atomic E-state index is 0.0736. The van der Waals surface area contributed by atoms with Gasteiger partial charge in [-0.3, -0.25) is 14.5 Å². The minimum Gasteiger partial charge on any atom is -0.477 e. The van der Waals surface area contributed by atoms with Crippen molar-refractivity contribution in [1.29, 1.82) is 0 Å². The molecule has 4 N–H and O–H groups in total. The number of thiazole rings is 1. The van der Waals surface area contributed by atoms with Crippen molar-refractivity contribution in [2.45, 2.75) is 24.9 Å². The van der Waals surface area contributed by atoms with Crippen molar-refractivity contribution >= 4 is 62.7 Å². The minimum atomic E-state index is -1.21. The lowest BCUT2D eigenvalue weighted by molar-refractivity contribution is -0.688. The highest BCUT2D eigenvalue weighted by atomic mass is 32.2. The van der Waals surface area contributed by atoms with Gasteiger partial charge in [0.25, 0.3) is 11.8 Å². The average molecular weight is 530 g/mol. The van der Waals surface area contributed by atoms with Crippen LogP contribution < -0.4 is 15.6 Å². The number of rotatable bonds is 7. The Bertz CT molecular complexity index is 1460. The van der Waals surface area contributed by atoms with Crippen LogP contribution in [0.2, 0.25) is 0 Å². The molecule has 2 atom stereocenters. The van der Waals surface area contributed by atoms with E-state index in [4.69, 9.17) is 15.0 Å². The smallest absolute Gasteiger partial charge is 0.352 e. The zero-order chi connectivity index (χ0) is 25.6. The van der Waals surface area contributed by atoms with Crippen molar-refractivity contribution in [3.05, 3.63) is 52.6 Å². The summed E-state index contributed by atoms with van der Waals surface area (Å²) in [7, 11) is 1.28.